The summed E-state index contributed by atoms with van der Waals surface area (Å²) >= 11 is 0. The minimum Gasteiger partial charge on any atom is -0.473 e. The van der Waals surface area contributed by atoms with Gasteiger partial charge in [-0.3, -0.25) is 9.69 Å². The Morgan fingerprint density at radius 3 is 2.57 bits per heavy atom. The van der Waals surface area contributed by atoms with E-state index in [-0.39, 0.29) is 30.7 Å². The molecule has 1 aromatic carbocycles. The van der Waals surface area contributed by atoms with E-state index in [1.807, 2.05) is 0 Å². The molecular weight excluding hydrogens is 469 g/mol. The predicted molar refractivity (Wildman–Crippen MR) is 119 cm³/mol. The molecule has 4 rings (SSSR count). The van der Waals surface area contributed by atoms with Gasteiger partial charge in [0.25, 0.3) is 6.43 Å². The monoisotopic (exact) mass is 495 g/mol. The highest BCUT2D eigenvalue weighted by Gasteiger charge is 2.30. The van der Waals surface area contributed by atoms with E-state index in [1.54, 1.807) is 30.9 Å². The van der Waals surface area contributed by atoms with Crippen molar-refractivity contribution in [3.63, 3.8) is 0 Å². The number of hydrogen-bond donors (Lipinski definition) is 0. The first kappa shape index (κ1) is 25.1. The maximum atomic E-state index is 14.0. The highest BCUT2D eigenvalue weighted by atomic mass is 19.3. The van der Waals surface area contributed by atoms with Crippen LogP contribution in [-0.2, 0) is 6.61 Å². The standard InChI is InChI=1S/C25H26F5N3O2/c1-14-10-20-24(21(34)4-3-9-32(12-22(28)29)16-5-6-16)15(2)31-33(20)23(11-14)35-13-17-18(26)7-8-19(27)25(17)30/h7-8,10-11,16,22H,3-6,9,12-13H2,1-2H3. The number of aryl methyl sites for hydroxylation is 2. The Kier molecular flexibility index (Phi) is 7.39. The van der Waals surface area contributed by atoms with Crippen molar-refractivity contribution in [2.75, 3.05) is 13.1 Å². The van der Waals surface area contributed by atoms with E-state index in [0.29, 0.717) is 35.8 Å². The fraction of sp³-hybridized carbons (Fsp3) is 0.440. The van der Waals surface area contributed by atoms with Crippen LogP contribution in [0.4, 0.5) is 22.0 Å². The highest BCUT2D eigenvalue weighted by molar-refractivity contribution is 6.03. The van der Waals surface area contributed by atoms with Gasteiger partial charge in [0.05, 0.1) is 28.9 Å². The molecule has 3 aromatic rings. The van der Waals surface area contributed by atoms with E-state index in [4.69, 9.17) is 4.74 Å². The number of ketones is 1. The molecule has 1 aliphatic carbocycles. The van der Waals surface area contributed by atoms with Gasteiger partial charge < -0.3 is 4.74 Å². The van der Waals surface area contributed by atoms with Crippen LogP contribution in [0, 0.1) is 31.3 Å². The molecule has 10 heteroatoms. The predicted octanol–water partition coefficient (Wildman–Crippen LogP) is 5.64. The van der Waals surface area contributed by atoms with Crippen molar-refractivity contribution in [1.29, 1.82) is 0 Å². The Labute approximate surface area is 199 Å². The number of halogens is 5. The molecule has 1 aliphatic rings. The summed E-state index contributed by atoms with van der Waals surface area (Å²) in [5.41, 5.74) is 1.46. The molecule has 35 heavy (non-hydrogen) atoms. The lowest BCUT2D eigenvalue weighted by molar-refractivity contribution is 0.0818. The number of carbonyl (C=O) groups is 1. The van der Waals surface area contributed by atoms with E-state index in [9.17, 15) is 26.7 Å². The molecule has 0 N–H and O–H groups in total. The summed E-state index contributed by atoms with van der Waals surface area (Å²) in [5, 5.41) is 4.37. The van der Waals surface area contributed by atoms with Crippen LogP contribution in [-0.4, -0.2) is 45.9 Å². The molecule has 1 fully saturated rings. The Balaban J connectivity index is 1.52. The maximum Gasteiger partial charge on any atom is 0.251 e. The van der Waals surface area contributed by atoms with Crippen molar-refractivity contribution in [3.05, 3.63) is 64.1 Å². The summed E-state index contributed by atoms with van der Waals surface area (Å²) in [6, 6.07) is 5.04. The zero-order chi connectivity index (χ0) is 25.3. The van der Waals surface area contributed by atoms with Gasteiger partial charge in [-0.05, 0) is 63.4 Å². The Morgan fingerprint density at radius 2 is 1.89 bits per heavy atom. The zero-order valence-electron chi connectivity index (χ0n) is 19.5. The molecule has 188 valence electrons. The van der Waals surface area contributed by atoms with Gasteiger partial charge in [-0.1, -0.05) is 0 Å². The maximum absolute atomic E-state index is 14.0. The van der Waals surface area contributed by atoms with Crippen LogP contribution in [0.15, 0.2) is 24.3 Å². The van der Waals surface area contributed by atoms with Crippen molar-refractivity contribution in [3.8, 4) is 5.88 Å². The van der Waals surface area contributed by atoms with Crippen molar-refractivity contribution >= 4 is 11.3 Å². The summed E-state index contributed by atoms with van der Waals surface area (Å²) < 4.78 is 74.2. The second kappa shape index (κ2) is 10.3. The van der Waals surface area contributed by atoms with Gasteiger partial charge in [0.1, 0.15) is 12.4 Å². The number of fused-ring (bicyclic) bond motifs is 1. The smallest absolute Gasteiger partial charge is 0.251 e. The molecule has 2 aromatic heterocycles. The number of aromatic nitrogens is 2. The van der Waals surface area contributed by atoms with Gasteiger partial charge >= 0.3 is 0 Å². The van der Waals surface area contributed by atoms with E-state index in [0.717, 1.165) is 24.5 Å². The Morgan fingerprint density at radius 1 is 1.17 bits per heavy atom. The quantitative estimate of drug-likeness (QED) is 0.196. The fourth-order valence-electron chi connectivity index (χ4n) is 4.26. The van der Waals surface area contributed by atoms with Crippen molar-refractivity contribution in [2.45, 2.75) is 58.6 Å². The van der Waals surface area contributed by atoms with Crippen LogP contribution in [0.1, 0.15) is 52.9 Å². The van der Waals surface area contributed by atoms with Crippen molar-refractivity contribution in [2.24, 2.45) is 0 Å². The number of rotatable bonds is 11. The molecule has 0 bridgehead atoms. The summed E-state index contributed by atoms with van der Waals surface area (Å²) in [7, 11) is 0. The van der Waals surface area contributed by atoms with Gasteiger partial charge in [0, 0.05) is 18.5 Å². The zero-order valence-corrected chi connectivity index (χ0v) is 19.5. The fourth-order valence-corrected chi connectivity index (χ4v) is 4.26. The van der Waals surface area contributed by atoms with Crippen LogP contribution in [0.2, 0.25) is 0 Å². The van der Waals surface area contributed by atoms with E-state index >= 15 is 0 Å². The Bertz CT molecular complexity index is 1240. The molecule has 0 spiro atoms. The summed E-state index contributed by atoms with van der Waals surface area (Å²) in [5.74, 6) is -3.48. The topological polar surface area (TPSA) is 46.8 Å². The van der Waals surface area contributed by atoms with Gasteiger partial charge in [0.15, 0.2) is 17.4 Å². The lowest BCUT2D eigenvalue weighted by atomic mass is 10.0. The first-order chi connectivity index (χ1) is 16.7. The summed E-state index contributed by atoms with van der Waals surface area (Å²) in [4.78, 5) is 14.8. The highest BCUT2D eigenvalue weighted by Crippen LogP contribution is 2.29. The summed E-state index contributed by atoms with van der Waals surface area (Å²) in [6.07, 6.45) is -0.00709. The van der Waals surface area contributed by atoms with Crippen LogP contribution in [0.5, 0.6) is 5.88 Å². The molecule has 0 radical (unpaired) electrons. The first-order valence-corrected chi connectivity index (χ1v) is 11.5. The van der Waals surface area contributed by atoms with E-state index in [2.05, 4.69) is 5.10 Å². The molecular formula is C25H26F5N3O2. The van der Waals surface area contributed by atoms with Crippen LogP contribution in [0.25, 0.3) is 5.52 Å². The number of ether oxygens (including phenoxy) is 1. The van der Waals surface area contributed by atoms with Gasteiger partial charge in [-0.2, -0.15) is 5.10 Å². The summed E-state index contributed by atoms with van der Waals surface area (Å²) in [6.45, 7) is 2.98. The number of nitrogens with zero attached hydrogens (tertiary/aromatic N) is 3. The van der Waals surface area contributed by atoms with E-state index in [1.165, 1.54) is 4.52 Å². The number of carbonyl (C=O) groups excluding carboxylic acids is 1. The molecule has 1 saturated carbocycles. The molecule has 2 heterocycles. The molecule has 0 unspecified atom stereocenters. The molecule has 0 aliphatic heterocycles. The van der Waals surface area contributed by atoms with Crippen molar-refractivity contribution < 1.29 is 31.5 Å². The minimum atomic E-state index is -2.41. The second-order valence-corrected chi connectivity index (χ2v) is 8.88. The number of hydrogen-bond acceptors (Lipinski definition) is 4. The average Bonchev–Trinajstić information content (AvgIpc) is 3.58. The molecule has 0 atom stereocenters. The van der Waals surface area contributed by atoms with Gasteiger partial charge in [0.2, 0.25) is 5.88 Å². The third-order valence-corrected chi connectivity index (χ3v) is 6.09. The molecule has 0 saturated heterocycles. The van der Waals surface area contributed by atoms with Crippen LogP contribution < -0.4 is 4.74 Å². The van der Waals surface area contributed by atoms with E-state index < -0.39 is 36.0 Å². The largest absolute Gasteiger partial charge is 0.473 e. The molecule has 5 nitrogen and oxygen atoms in total. The lowest BCUT2D eigenvalue weighted by Gasteiger charge is -2.21. The van der Waals surface area contributed by atoms with Gasteiger partial charge in [-0.25, -0.2) is 26.5 Å². The van der Waals surface area contributed by atoms with Crippen LogP contribution in [0.3, 0.4) is 0 Å². The van der Waals surface area contributed by atoms with Crippen LogP contribution >= 0.6 is 0 Å². The number of benzene rings is 1. The van der Waals surface area contributed by atoms with Crippen molar-refractivity contribution in [1.82, 2.24) is 14.5 Å². The number of alkyl halides is 2. The second-order valence-electron chi connectivity index (χ2n) is 8.88. The number of Topliss-reactive ketones (excluding diaryl/α,β-unsaturated/α-hetero) is 1. The third kappa shape index (κ3) is 5.63. The first-order valence-electron chi connectivity index (χ1n) is 11.5. The minimum absolute atomic E-state index is 0.141. The van der Waals surface area contributed by atoms with Gasteiger partial charge in [-0.15, -0.1) is 0 Å². The average molecular weight is 495 g/mol. The lowest BCUT2D eigenvalue weighted by Crippen LogP contribution is -2.32. The Hall–Kier alpha value is -3.01. The normalized spacial score (nSPS) is 13.9. The number of pyridine rings is 1. The molecule has 0 amide bonds. The SMILES string of the molecule is Cc1cc(OCc2c(F)ccc(F)c2F)n2nc(C)c(C(=O)CCCN(CC(F)F)C3CC3)c2c1. The third-order valence-electron chi connectivity index (χ3n) is 6.09.